The Morgan fingerprint density at radius 2 is 0.758 bits per heavy atom. The van der Waals surface area contributed by atoms with E-state index in [0.29, 0.717) is 0 Å². The predicted molar refractivity (Wildman–Crippen MR) is 262 cm³/mol. The number of anilines is 3. The van der Waals surface area contributed by atoms with E-state index in [1.807, 2.05) is 0 Å². The molecule has 12 rings (SSSR count). The molecule has 0 unspecified atom stereocenters. The molecule has 0 heterocycles. The minimum Gasteiger partial charge on any atom is -0.310 e. The van der Waals surface area contributed by atoms with Crippen molar-refractivity contribution in [3.63, 3.8) is 0 Å². The number of benzene rings is 10. The summed E-state index contributed by atoms with van der Waals surface area (Å²) in [5.41, 5.74) is 23.7. The molecule has 1 nitrogen and oxygen atoms in total. The van der Waals surface area contributed by atoms with Crippen molar-refractivity contribution in [2.24, 2.45) is 0 Å². The van der Waals surface area contributed by atoms with Crippen LogP contribution >= 0.6 is 0 Å². The summed E-state index contributed by atoms with van der Waals surface area (Å²) in [6.07, 6.45) is 0. The van der Waals surface area contributed by atoms with Crippen molar-refractivity contribution in [1.29, 1.82) is 0 Å². The molecule has 0 fully saturated rings. The highest BCUT2D eigenvalue weighted by atomic mass is 15.1. The van der Waals surface area contributed by atoms with Gasteiger partial charge in [-0.05, 0) is 137 Å². The lowest BCUT2D eigenvalue weighted by Crippen LogP contribution is -2.16. The van der Waals surface area contributed by atoms with Gasteiger partial charge in [0.05, 0.1) is 5.69 Å². The summed E-state index contributed by atoms with van der Waals surface area (Å²) in [7, 11) is 0. The molecule has 0 atom stereocenters. The highest BCUT2D eigenvalue weighted by molar-refractivity contribution is 6.20. The molecule has 1 heteroatoms. The molecule has 292 valence electrons. The van der Waals surface area contributed by atoms with Gasteiger partial charge in [-0.15, -0.1) is 0 Å². The Morgan fingerprint density at radius 1 is 0.306 bits per heavy atom. The van der Waals surface area contributed by atoms with Gasteiger partial charge in [-0.25, -0.2) is 0 Å². The third-order valence-corrected chi connectivity index (χ3v) is 13.4. The van der Waals surface area contributed by atoms with Crippen LogP contribution in [0.3, 0.4) is 0 Å². The monoisotopic (exact) mass is 789 g/mol. The van der Waals surface area contributed by atoms with E-state index in [4.69, 9.17) is 0 Å². The fourth-order valence-corrected chi connectivity index (χ4v) is 10.4. The molecule has 2 aliphatic rings. The molecule has 10 aromatic rings. The van der Waals surface area contributed by atoms with Crippen LogP contribution in [0.5, 0.6) is 0 Å². The SMILES string of the molecule is CC1(C)c2ccccc2-c2c(N(c3ccc(-c4ccccc4)cc3)c3ccc(-c4ccc5c6c(cccc46)-c4cc(-c6ccccc6)c(-c6ccccc6)cc4-5)cc3)cccc21. The van der Waals surface area contributed by atoms with Crippen LogP contribution in [0.25, 0.3) is 88.7 Å². The Morgan fingerprint density at radius 3 is 1.39 bits per heavy atom. The van der Waals surface area contributed by atoms with Crippen molar-refractivity contribution in [1.82, 2.24) is 0 Å². The quantitative estimate of drug-likeness (QED) is 0.155. The van der Waals surface area contributed by atoms with Gasteiger partial charge < -0.3 is 4.90 Å². The minimum atomic E-state index is -0.101. The first-order chi connectivity index (χ1) is 30.5. The van der Waals surface area contributed by atoms with Crippen LogP contribution in [-0.2, 0) is 5.41 Å². The first-order valence-electron chi connectivity index (χ1n) is 21.7. The lowest BCUT2D eigenvalue weighted by atomic mass is 9.82. The lowest BCUT2D eigenvalue weighted by Gasteiger charge is -2.29. The summed E-state index contributed by atoms with van der Waals surface area (Å²) in [4.78, 5) is 2.45. The number of rotatable bonds is 7. The zero-order valence-electron chi connectivity index (χ0n) is 34.8. The molecule has 62 heavy (non-hydrogen) atoms. The zero-order chi connectivity index (χ0) is 41.4. The van der Waals surface area contributed by atoms with Crippen LogP contribution in [0.1, 0.15) is 25.0 Å². The standard InChI is InChI=1S/C61H43N/c1-61(2)56-25-13-12-22-51(56)60-57(61)26-15-27-58(60)62(45-32-28-41(29-33-45)40-16-6-3-7-17-40)46-34-30-44(31-35-46)47-36-37-50-55-39-53(43-20-10-5-11-21-43)52(42-18-8-4-9-19-42)38-54(55)49-24-14-23-48(47)59(49)50/h3-39H,1-2H3. The molecule has 0 radical (unpaired) electrons. The van der Waals surface area contributed by atoms with Crippen molar-refractivity contribution in [3.8, 4) is 77.9 Å². The van der Waals surface area contributed by atoms with E-state index in [1.165, 1.54) is 105 Å². The van der Waals surface area contributed by atoms with Crippen LogP contribution in [-0.4, -0.2) is 0 Å². The van der Waals surface area contributed by atoms with Crippen LogP contribution in [0.4, 0.5) is 17.1 Å². The summed E-state index contributed by atoms with van der Waals surface area (Å²) in [6.45, 7) is 4.71. The Bertz CT molecular complexity index is 3250. The van der Waals surface area contributed by atoms with Gasteiger partial charge in [0.25, 0.3) is 0 Å². The highest BCUT2D eigenvalue weighted by Crippen LogP contribution is 2.55. The highest BCUT2D eigenvalue weighted by Gasteiger charge is 2.37. The van der Waals surface area contributed by atoms with Crippen molar-refractivity contribution in [3.05, 3.63) is 236 Å². The second-order valence-corrected chi connectivity index (χ2v) is 17.2. The van der Waals surface area contributed by atoms with Crippen molar-refractivity contribution >= 4 is 27.8 Å². The minimum absolute atomic E-state index is 0.101. The Hall–Kier alpha value is -7.74. The molecular formula is C61H43N. The van der Waals surface area contributed by atoms with E-state index in [9.17, 15) is 0 Å². The molecule has 0 bridgehead atoms. The van der Waals surface area contributed by atoms with E-state index in [1.54, 1.807) is 0 Å². The van der Waals surface area contributed by atoms with Crippen LogP contribution < -0.4 is 4.90 Å². The maximum atomic E-state index is 2.45. The molecule has 0 spiro atoms. The van der Waals surface area contributed by atoms with Gasteiger partial charge in [-0.3, -0.25) is 0 Å². The second-order valence-electron chi connectivity index (χ2n) is 17.2. The lowest BCUT2D eigenvalue weighted by molar-refractivity contribution is 0.660. The Labute approximate surface area is 363 Å². The van der Waals surface area contributed by atoms with Crippen molar-refractivity contribution in [2.75, 3.05) is 4.90 Å². The molecule has 10 aromatic carbocycles. The van der Waals surface area contributed by atoms with E-state index in [-0.39, 0.29) is 5.41 Å². The van der Waals surface area contributed by atoms with Crippen molar-refractivity contribution < 1.29 is 0 Å². The average Bonchev–Trinajstić information content (AvgIpc) is 3.78. The molecule has 2 aliphatic carbocycles. The number of hydrogen-bond donors (Lipinski definition) is 0. The van der Waals surface area contributed by atoms with E-state index in [2.05, 4.69) is 243 Å². The van der Waals surface area contributed by atoms with Gasteiger partial charge in [0.2, 0.25) is 0 Å². The maximum absolute atomic E-state index is 2.45. The van der Waals surface area contributed by atoms with Crippen LogP contribution in [0.2, 0.25) is 0 Å². The van der Waals surface area contributed by atoms with E-state index < -0.39 is 0 Å². The summed E-state index contributed by atoms with van der Waals surface area (Å²) in [5, 5.41) is 2.61. The molecule has 0 saturated carbocycles. The predicted octanol–water partition coefficient (Wildman–Crippen LogP) is 16.9. The van der Waals surface area contributed by atoms with E-state index in [0.717, 1.165) is 11.4 Å². The largest absolute Gasteiger partial charge is 0.310 e. The van der Waals surface area contributed by atoms with Gasteiger partial charge in [0.15, 0.2) is 0 Å². The van der Waals surface area contributed by atoms with Gasteiger partial charge in [-0.2, -0.15) is 0 Å². The fraction of sp³-hybridized carbons (Fsp3) is 0.0492. The fourth-order valence-electron chi connectivity index (χ4n) is 10.4. The molecule has 0 aromatic heterocycles. The van der Waals surface area contributed by atoms with Crippen molar-refractivity contribution in [2.45, 2.75) is 19.3 Å². The summed E-state index contributed by atoms with van der Waals surface area (Å²) < 4.78 is 0. The molecular weight excluding hydrogens is 747 g/mol. The topological polar surface area (TPSA) is 3.24 Å². The summed E-state index contributed by atoms with van der Waals surface area (Å²) >= 11 is 0. The maximum Gasteiger partial charge on any atom is 0.0543 e. The third-order valence-electron chi connectivity index (χ3n) is 13.4. The van der Waals surface area contributed by atoms with Gasteiger partial charge >= 0.3 is 0 Å². The number of hydrogen-bond acceptors (Lipinski definition) is 1. The Balaban J connectivity index is 0.984. The summed E-state index contributed by atoms with van der Waals surface area (Å²) in [6, 6.07) is 82.8. The molecule has 0 saturated heterocycles. The summed E-state index contributed by atoms with van der Waals surface area (Å²) in [5.74, 6) is 0. The molecule has 0 amide bonds. The van der Waals surface area contributed by atoms with E-state index >= 15 is 0 Å². The first kappa shape index (κ1) is 36.1. The number of fused-ring (bicyclic) bond motifs is 6. The zero-order valence-corrected chi connectivity index (χ0v) is 34.8. The van der Waals surface area contributed by atoms with Gasteiger partial charge in [0.1, 0.15) is 0 Å². The smallest absolute Gasteiger partial charge is 0.0543 e. The van der Waals surface area contributed by atoms with Gasteiger partial charge in [-0.1, -0.05) is 196 Å². The molecule has 0 N–H and O–H groups in total. The molecule has 0 aliphatic heterocycles. The first-order valence-corrected chi connectivity index (χ1v) is 21.7. The van der Waals surface area contributed by atoms with Crippen LogP contribution in [0.15, 0.2) is 224 Å². The third kappa shape index (κ3) is 5.62. The second kappa shape index (κ2) is 14.2. The number of nitrogens with zero attached hydrogens (tertiary/aromatic N) is 1. The Kier molecular flexibility index (Phi) is 8.27. The van der Waals surface area contributed by atoms with Gasteiger partial charge in [0, 0.05) is 22.4 Å². The normalized spacial score (nSPS) is 12.8. The van der Waals surface area contributed by atoms with Crippen LogP contribution in [0, 0.1) is 0 Å². The average molecular weight is 790 g/mol.